The minimum absolute atomic E-state index is 1.09. The van der Waals surface area contributed by atoms with Gasteiger partial charge < -0.3 is 0 Å². The summed E-state index contributed by atoms with van der Waals surface area (Å²) in [4.78, 5) is 3.92. The highest BCUT2D eigenvalue weighted by Crippen LogP contribution is 2.15. The third kappa shape index (κ3) is 1.33. The molecular weight excluding hydrogens is 162 g/mol. The SMILES string of the molecule is Cc1cccc(-n2cncn2)c1C. The van der Waals surface area contributed by atoms with Gasteiger partial charge in [0.1, 0.15) is 12.7 Å². The third-order valence-electron chi connectivity index (χ3n) is 2.24. The Hall–Kier alpha value is -1.64. The fourth-order valence-corrected chi connectivity index (χ4v) is 1.32. The second kappa shape index (κ2) is 3.01. The van der Waals surface area contributed by atoms with Gasteiger partial charge in [-0.05, 0) is 31.0 Å². The maximum absolute atomic E-state index is 4.09. The topological polar surface area (TPSA) is 30.7 Å². The lowest BCUT2D eigenvalue weighted by Gasteiger charge is -2.06. The molecule has 0 aliphatic carbocycles. The van der Waals surface area contributed by atoms with Crippen LogP contribution in [0.2, 0.25) is 0 Å². The molecule has 0 unspecified atom stereocenters. The fourth-order valence-electron chi connectivity index (χ4n) is 1.32. The molecule has 0 saturated heterocycles. The maximum Gasteiger partial charge on any atom is 0.138 e. The number of nitrogens with zero attached hydrogens (tertiary/aromatic N) is 3. The second-order valence-corrected chi connectivity index (χ2v) is 3.06. The van der Waals surface area contributed by atoms with Crippen molar-refractivity contribution in [2.45, 2.75) is 13.8 Å². The minimum Gasteiger partial charge on any atom is -0.223 e. The highest BCUT2D eigenvalue weighted by molar-refractivity contribution is 5.43. The number of aryl methyl sites for hydroxylation is 1. The van der Waals surface area contributed by atoms with Crippen LogP contribution in [0.25, 0.3) is 5.69 Å². The highest BCUT2D eigenvalue weighted by Gasteiger charge is 2.02. The Morgan fingerprint density at radius 1 is 1.23 bits per heavy atom. The molecule has 2 aromatic rings. The zero-order valence-electron chi connectivity index (χ0n) is 7.73. The number of rotatable bonds is 1. The third-order valence-corrected chi connectivity index (χ3v) is 2.24. The lowest BCUT2D eigenvalue weighted by atomic mass is 10.1. The molecule has 0 aliphatic heterocycles. The molecule has 2 rings (SSSR count). The summed E-state index contributed by atoms with van der Waals surface area (Å²) in [5.41, 5.74) is 3.61. The van der Waals surface area contributed by atoms with E-state index in [4.69, 9.17) is 0 Å². The molecule has 1 heterocycles. The maximum atomic E-state index is 4.09. The molecule has 0 bridgehead atoms. The molecule has 3 heteroatoms. The van der Waals surface area contributed by atoms with E-state index in [0.717, 1.165) is 5.69 Å². The molecule has 3 nitrogen and oxygen atoms in total. The molecule has 0 fully saturated rings. The van der Waals surface area contributed by atoms with E-state index in [0.29, 0.717) is 0 Å². The summed E-state index contributed by atoms with van der Waals surface area (Å²) < 4.78 is 1.78. The van der Waals surface area contributed by atoms with Gasteiger partial charge in [-0.2, -0.15) is 5.10 Å². The van der Waals surface area contributed by atoms with Crippen molar-refractivity contribution in [1.82, 2.24) is 14.8 Å². The molecular formula is C10H11N3. The van der Waals surface area contributed by atoms with E-state index in [-0.39, 0.29) is 0 Å². The number of hydrogen-bond acceptors (Lipinski definition) is 2. The molecule has 1 aromatic heterocycles. The van der Waals surface area contributed by atoms with Gasteiger partial charge in [-0.1, -0.05) is 12.1 Å². The number of aromatic nitrogens is 3. The molecule has 1 aromatic carbocycles. The van der Waals surface area contributed by atoms with E-state index < -0.39 is 0 Å². The smallest absolute Gasteiger partial charge is 0.138 e. The summed E-state index contributed by atoms with van der Waals surface area (Å²) in [7, 11) is 0. The monoisotopic (exact) mass is 173 g/mol. The zero-order chi connectivity index (χ0) is 9.26. The normalized spacial score (nSPS) is 10.3. The second-order valence-electron chi connectivity index (χ2n) is 3.06. The van der Waals surface area contributed by atoms with Crippen LogP contribution in [0.4, 0.5) is 0 Å². The van der Waals surface area contributed by atoms with Crippen LogP contribution in [-0.4, -0.2) is 14.8 Å². The van der Waals surface area contributed by atoms with Crippen molar-refractivity contribution < 1.29 is 0 Å². The molecule has 0 spiro atoms. The van der Waals surface area contributed by atoms with Crippen LogP contribution in [0.15, 0.2) is 30.9 Å². The van der Waals surface area contributed by atoms with Gasteiger partial charge in [0, 0.05) is 0 Å². The van der Waals surface area contributed by atoms with Crippen LogP contribution in [0, 0.1) is 13.8 Å². The highest BCUT2D eigenvalue weighted by atomic mass is 15.3. The van der Waals surface area contributed by atoms with Gasteiger partial charge in [-0.3, -0.25) is 0 Å². The summed E-state index contributed by atoms with van der Waals surface area (Å²) in [6.45, 7) is 4.18. The largest absolute Gasteiger partial charge is 0.223 e. The van der Waals surface area contributed by atoms with E-state index in [2.05, 4.69) is 30.0 Å². The average Bonchev–Trinajstić information content (AvgIpc) is 2.62. The van der Waals surface area contributed by atoms with Crippen molar-refractivity contribution in [3.8, 4) is 5.69 Å². The summed E-state index contributed by atoms with van der Waals surface area (Å²) >= 11 is 0. The standard InChI is InChI=1S/C10H11N3/c1-8-4-3-5-10(9(8)2)13-7-11-6-12-13/h3-7H,1-2H3. The summed E-state index contributed by atoms with van der Waals surface area (Å²) in [6.07, 6.45) is 3.25. The van der Waals surface area contributed by atoms with Gasteiger partial charge in [0.05, 0.1) is 5.69 Å². The molecule has 0 amide bonds. The molecule has 0 N–H and O–H groups in total. The van der Waals surface area contributed by atoms with Gasteiger partial charge in [0.25, 0.3) is 0 Å². The van der Waals surface area contributed by atoms with Crippen LogP contribution in [0.5, 0.6) is 0 Å². The van der Waals surface area contributed by atoms with Crippen molar-refractivity contribution in [3.05, 3.63) is 42.0 Å². The molecule has 0 atom stereocenters. The Bertz CT molecular complexity index is 404. The molecule has 66 valence electrons. The van der Waals surface area contributed by atoms with Gasteiger partial charge in [0.2, 0.25) is 0 Å². The van der Waals surface area contributed by atoms with E-state index in [1.807, 2.05) is 12.1 Å². The Morgan fingerprint density at radius 2 is 2.08 bits per heavy atom. The van der Waals surface area contributed by atoms with Crippen molar-refractivity contribution in [1.29, 1.82) is 0 Å². The predicted octanol–water partition coefficient (Wildman–Crippen LogP) is 1.88. The van der Waals surface area contributed by atoms with Gasteiger partial charge in [-0.25, -0.2) is 9.67 Å². The fraction of sp³-hybridized carbons (Fsp3) is 0.200. The van der Waals surface area contributed by atoms with Crippen molar-refractivity contribution in [3.63, 3.8) is 0 Å². The first kappa shape index (κ1) is 7.98. The molecule has 0 saturated carbocycles. The van der Waals surface area contributed by atoms with Crippen LogP contribution in [0.1, 0.15) is 11.1 Å². The Labute approximate surface area is 77.0 Å². The number of benzene rings is 1. The van der Waals surface area contributed by atoms with Crippen LogP contribution < -0.4 is 0 Å². The predicted molar refractivity (Wildman–Crippen MR) is 50.8 cm³/mol. The molecule has 13 heavy (non-hydrogen) atoms. The lowest BCUT2D eigenvalue weighted by molar-refractivity contribution is 0.869. The van der Waals surface area contributed by atoms with Crippen LogP contribution >= 0.6 is 0 Å². The quantitative estimate of drug-likeness (QED) is 0.659. The van der Waals surface area contributed by atoms with Crippen LogP contribution in [-0.2, 0) is 0 Å². The summed E-state index contributed by atoms with van der Waals surface area (Å²) in [5, 5.41) is 4.09. The zero-order valence-corrected chi connectivity index (χ0v) is 7.73. The van der Waals surface area contributed by atoms with Gasteiger partial charge >= 0.3 is 0 Å². The van der Waals surface area contributed by atoms with E-state index in [1.165, 1.54) is 11.1 Å². The first-order chi connectivity index (χ1) is 6.29. The Kier molecular flexibility index (Phi) is 1.85. The van der Waals surface area contributed by atoms with Crippen molar-refractivity contribution >= 4 is 0 Å². The van der Waals surface area contributed by atoms with E-state index >= 15 is 0 Å². The molecule has 0 radical (unpaired) electrons. The first-order valence-electron chi connectivity index (χ1n) is 4.20. The van der Waals surface area contributed by atoms with Gasteiger partial charge in [0.15, 0.2) is 0 Å². The van der Waals surface area contributed by atoms with Crippen molar-refractivity contribution in [2.24, 2.45) is 0 Å². The molecule has 0 aliphatic rings. The summed E-state index contributed by atoms with van der Waals surface area (Å²) in [5.74, 6) is 0. The Balaban J connectivity index is 2.59. The van der Waals surface area contributed by atoms with E-state index in [9.17, 15) is 0 Å². The minimum atomic E-state index is 1.09. The van der Waals surface area contributed by atoms with Crippen LogP contribution in [0.3, 0.4) is 0 Å². The summed E-state index contributed by atoms with van der Waals surface area (Å²) in [6, 6.07) is 6.16. The van der Waals surface area contributed by atoms with Crippen molar-refractivity contribution in [2.75, 3.05) is 0 Å². The number of hydrogen-bond donors (Lipinski definition) is 0. The first-order valence-corrected chi connectivity index (χ1v) is 4.20. The van der Waals surface area contributed by atoms with E-state index in [1.54, 1.807) is 17.3 Å². The van der Waals surface area contributed by atoms with Gasteiger partial charge in [-0.15, -0.1) is 0 Å². The Morgan fingerprint density at radius 3 is 2.77 bits per heavy atom. The lowest BCUT2D eigenvalue weighted by Crippen LogP contribution is -1.98. The average molecular weight is 173 g/mol.